The molecule has 54 valence electrons. The van der Waals surface area contributed by atoms with Gasteiger partial charge in [0, 0.05) is 0 Å². The van der Waals surface area contributed by atoms with Crippen molar-refractivity contribution < 1.29 is 4.92 Å². The topological polar surface area (TPSA) is 92.6 Å². The molecule has 0 saturated heterocycles. The predicted octanol–water partition coefficient (Wildman–Crippen LogP) is 1.16. The van der Waals surface area contributed by atoms with Crippen molar-refractivity contribution in [1.82, 2.24) is 0 Å². The molecule has 7 nitrogen and oxygen atoms in total. The lowest BCUT2D eigenvalue weighted by Crippen LogP contribution is -2.30. The van der Waals surface area contributed by atoms with Crippen molar-refractivity contribution in [3.8, 4) is 0 Å². The smallest absolute Gasteiger partial charge is 0.260 e. The van der Waals surface area contributed by atoms with Gasteiger partial charge in [0.2, 0.25) is 0 Å². The highest BCUT2D eigenvalue weighted by Crippen LogP contribution is 2.23. The Morgan fingerprint density at radius 3 is 2.20 bits per heavy atom. The van der Waals surface area contributed by atoms with E-state index in [1.54, 1.807) is 6.92 Å². The summed E-state index contributed by atoms with van der Waals surface area (Å²) in [7, 11) is 0. The zero-order chi connectivity index (χ0) is 7.61. The molecular formula is C3H5N5O2. The third kappa shape index (κ3) is 0.751. The predicted molar refractivity (Wildman–Crippen MR) is 29.7 cm³/mol. The number of hydrogen-bond donors (Lipinski definition) is 0. The minimum Gasteiger partial charge on any atom is -0.260 e. The van der Waals surface area contributed by atoms with Gasteiger partial charge in [0.15, 0.2) is 0 Å². The van der Waals surface area contributed by atoms with Gasteiger partial charge in [-0.2, -0.15) is 0 Å². The second-order valence-electron chi connectivity index (χ2n) is 1.76. The summed E-state index contributed by atoms with van der Waals surface area (Å²) >= 11 is 0. The van der Waals surface area contributed by atoms with E-state index < -0.39 is 10.7 Å². The van der Waals surface area contributed by atoms with E-state index in [4.69, 9.17) is 0 Å². The molecule has 0 radical (unpaired) electrons. The van der Waals surface area contributed by atoms with E-state index in [-0.39, 0.29) is 6.42 Å². The van der Waals surface area contributed by atoms with E-state index in [1.807, 2.05) is 0 Å². The summed E-state index contributed by atoms with van der Waals surface area (Å²) in [6.07, 6.45) is 0.174. The number of nitro groups is 1. The number of rotatable bonds is 2. The summed E-state index contributed by atoms with van der Waals surface area (Å²) < 4.78 is 0. The molecular weight excluding hydrogens is 138 g/mol. The average molecular weight is 143 g/mol. The molecule has 7 heteroatoms. The van der Waals surface area contributed by atoms with Crippen LogP contribution in [0, 0.1) is 10.1 Å². The van der Waals surface area contributed by atoms with E-state index >= 15 is 0 Å². The van der Waals surface area contributed by atoms with Crippen LogP contribution < -0.4 is 0 Å². The van der Waals surface area contributed by atoms with Crippen molar-refractivity contribution in [2.24, 2.45) is 20.7 Å². The van der Waals surface area contributed by atoms with Gasteiger partial charge in [0.25, 0.3) is 0 Å². The van der Waals surface area contributed by atoms with E-state index in [1.165, 1.54) is 0 Å². The third-order valence-electron chi connectivity index (χ3n) is 1.22. The molecule has 1 heterocycles. The van der Waals surface area contributed by atoms with Crippen LogP contribution in [0.15, 0.2) is 20.7 Å². The van der Waals surface area contributed by atoms with Crippen LogP contribution in [-0.4, -0.2) is 10.7 Å². The Kier molecular flexibility index (Phi) is 1.40. The zero-order valence-corrected chi connectivity index (χ0v) is 5.26. The van der Waals surface area contributed by atoms with Crippen molar-refractivity contribution >= 4 is 0 Å². The fourth-order valence-electron chi connectivity index (χ4n) is 0.547. The molecule has 0 N–H and O–H groups in total. The minimum atomic E-state index is -1.62. The lowest BCUT2D eigenvalue weighted by molar-refractivity contribution is -0.567. The van der Waals surface area contributed by atoms with Crippen LogP contribution in [0.3, 0.4) is 0 Å². The van der Waals surface area contributed by atoms with E-state index in [0.717, 1.165) is 0 Å². The van der Waals surface area contributed by atoms with Crippen LogP contribution in [0.4, 0.5) is 0 Å². The summed E-state index contributed by atoms with van der Waals surface area (Å²) in [5.41, 5.74) is 0. The Bertz CT molecular complexity index is 197. The average Bonchev–Trinajstić information content (AvgIpc) is 2.35. The Balaban J connectivity index is 2.90. The maximum absolute atomic E-state index is 10.3. The third-order valence-corrected chi connectivity index (χ3v) is 1.22. The molecule has 0 amide bonds. The van der Waals surface area contributed by atoms with Gasteiger partial charge < -0.3 is 0 Å². The van der Waals surface area contributed by atoms with Crippen molar-refractivity contribution in [3.63, 3.8) is 0 Å². The summed E-state index contributed by atoms with van der Waals surface area (Å²) in [5, 5.41) is 22.9. The Morgan fingerprint density at radius 2 is 2.00 bits per heavy atom. The van der Waals surface area contributed by atoms with Crippen LogP contribution in [0.2, 0.25) is 0 Å². The van der Waals surface area contributed by atoms with E-state index in [9.17, 15) is 10.1 Å². The molecule has 0 unspecified atom stereocenters. The van der Waals surface area contributed by atoms with Crippen molar-refractivity contribution in [3.05, 3.63) is 10.1 Å². The van der Waals surface area contributed by atoms with Gasteiger partial charge in [-0.25, -0.2) is 0 Å². The van der Waals surface area contributed by atoms with Gasteiger partial charge in [0.1, 0.15) is 0 Å². The highest BCUT2D eigenvalue weighted by molar-refractivity contribution is 4.69. The maximum atomic E-state index is 10.3. The van der Waals surface area contributed by atoms with Crippen molar-refractivity contribution in [2.75, 3.05) is 0 Å². The van der Waals surface area contributed by atoms with Crippen LogP contribution in [-0.2, 0) is 0 Å². The molecule has 0 aliphatic carbocycles. The molecule has 1 aliphatic heterocycles. The van der Waals surface area contributed by atoms with E-state index in [2.05, 4.69) is 20.7 Å². The summed E-state index contributed by atoms with van der Waals surface area (Å²) in [6, 6.07) is 0. The molecule has 10 heavy (non-hydrogen) atoms. The normalized spacial score (nSPS) is 19.7. The monoisotopic (exact) mass is 143 g/mol. The molecule has 0 aromatic heterocycles. The van der Waals surface area contributed by atoms with Gasteiger partial charge >= 0.3 is 5.79 Å². The molecule has 1 rings (SSSR count). The molecule has 0 aromatic rings. The summed E-state index contributed by atoms with van der Waals surface area (Å²) in [5.74, 6) is -1.62. The van der Waals surface area contributed by atoms with Crippen molar-refractivity contribution in [1.29, 1.82) is 0 Å². The molecule has 0 saturated carbocycles. The molecule has 0 atom stereocenters. The van der Waals surface area contributed by atoms with Gasteiger partial charge in [-0.3, -0.25) is 10.1 Å². The van der Waals surface area contributed by atoms with Gasteiger partial charge in [-0.1, -0.05) is 17.2 Å². The van der Waals surface area contributed by atoms with Crippen LogP contribution in [0.25, 0.3) is 0 Å². The van der Waals surface area contributed by atoms with Gasteiger partial charge in [-0.05, 0) is 10.4 Å². The Hall–Kier alpha value is -1.40. The second-order valence-corrected chi connectivity index (χ2v) is 1.76. The first-order chi connectivity index (χ1) is 4.71. The van der Waals surface area contributed by atoms with E-state index in [0.29, 0.717) is 0 Å². The highest BCUT2D eigenvalue weighted by Gasteiger charge is 2.44. The van der Waals surface area contributed by atoms with Crippen LogP contribution >= 0.6 is 0 Å². The largest absolute Gasteiger partial charge is 0.447 e. The maximum Gasteiger partial charge on any atom is 0.447 e. The molecule has 0 aromatic carbocycles. The fraction of sp³-hybridized carbons (Fsp3) is 1.00. The lowest BCUT2D eigenvalue weighted by Gasteiger charge is -2.05. The standard InChI is InChI=1S/C3H5N5O2/c1-2-3(8(9)10)4-6-7-5-3/h2H2,1H3. The first kappa shape index (κ1) is 6.72. The molecule has 0 bridgehead atoms. The van der Waals surface area contributed by atoms with Crippen LogP contribution in [0.5, 0.6) is 0 Å². The summed E-state index contributed by atoms with van der Waals surface area (Å²) in [4.78, 5) is 9.65. The Labute approximate surface area is 56.0 Å². The molecule has 0 fully saturated rings. The van der Waals surface area contributed by atoms with Crippen LogP contribution in [0.1, 0.15) is 13.3 Å². The quantitative estimate of drug-likeness (QED) is 0.428. The second kappa shape index (κ2) is 2.09. The first-order valence-electron chi connectivity index (χ1n) is 2.70. The first-order valence-corrected chi connectivity index (χ1v) is 2.70. The lowest BCUT2D eigenvalue weighted by atomic mass is 10.3. The highest BCUT2D eigenvalue weighted by atomic mass is 16.6. The van der Waals surface area contributed by atoms with Crippen molar-refractivity contribution in [2.45, 2.75) is 19.1 Å². The van der Waals surface area contributed by atoms with Gasteiger partial charge in [-0.15, -0.1) is 0 Å². The zero-order valence-electron chi connectivity index (χ0n) is 5.26. The number of hydrogen-bond acceptors (Lipinski definition) is 6. The minimum absolute atomic E-state index is 0.174. The molecule has 1 aliphatic rings. The van der Waals surface area contributed by atoms with Gasteiger partial charge in [0.05, 0.1) is 11.3 Å². The SMILES string of the molecule is CCC1([N+](=O)[O-])N=NN=N1. The Morgan fingerprint density at radius 1 is 1.50 bits per heavy atom. The fourth-order valence-corrected chi connectivity index (χ4v) is 0.547. The summed E-state index contributed by atoms with van der Waals surface area (Å²) in [6.45, 7) is 1.60. The number of nitrogens with zero attached hydrogens (tertiary/aromatic N) is 5. The molecule has 0 spiro atoms.